The number of hydrogen-bond donors (Lipinski definition) is 4. The van der Waals surface area contributed by atoms with E-state index >= 15 is 0 Å². The molecule has 0 bridgehead atoms. The van der Waals surface area contributed by atoms with Crippen LogP contribution in [-0.2, 0) is 16.0 Å². The van der Waals surface area contributed by atoms with Crippen LogP contribution in [0.4, 0.5) is 0 Å². The van der Waals surface area contributed by atoms with Crippen molar-refractivity contribution in [2.45, 2.75) is 26.3 Å². The van der Waals surface area contributed by atoms with Gasteiger partial charge in [-0.05, 0) is 25.5 Å². The molecule has 0 radical (unpaired) electrons. The van der Waals surface area contributed by atoms with Gasteiger partial charge in [0.25, 0.3) is 0 Å². The van der Waals surface area contributed by atoms with E-state index in [2.05, 4.69) is 0 Å². The molecule has 2 aromatic rings. The van der Waals surface area contributed by atoms with Crippen molar-refractivity contribution in [3.05, 3.63) is 35.4 Å². The van der Waals surface area contributed by atoms with Crippen molar-refractivity contribution >= 4 is 5.97 Å². The molecule has 1 atom stereocenters. The Balaban J connectivity index is 2.32. The second kappa shape index (κ2) is 6.51. The highest BCUT2D eigenvalue weighted by molar-refractivity contribution is 5.74. The minimum absolute atomic E-state index is 0.0770. The van der Waals surface area contributed by atoms with Crippen LogP contribution in [0.5, 0.6) is 23.3 Å². The van der Waals surface area contributed by atoms with Gasteiger partial charge in [-0.2, -0.15) is 0 Å². The SMILES string of the molecule is CCOC(=O)C(C)n1c(O)cc(Cc2ccc(O)cc2O)c1O. The molecule has 124 valence electrons. The highest BCUT2D eigenvalue weighted by Gasteiger charge is 2.24. The molecule has 1 aromatic heterocycles. The number of rotatable bonds is 5. The molecule has 0 saturated heterocycles. The van der Waals surface area contributed by atoms with Crippen molar-refractivity contribution in [1.29, 1.82) is 0 Å². The van der Waals surface area contributed by atoms with Crippen LogP contribution >= 0.6 is 0 Å². The molecule has 0 aliphatic rings. The third-order valence-corrected chi connectivity index (χ3v) is 3.53. The molecule has 7 nitrogen and oxygen atoms in total. The Morgan fingerprint density at radius 3 is 2.48 bits per heavy atom. The predicted octanol–water partition coefficient (Wildman–Crippen LogP) is 2.03. The van der Waals surface area contributed by atoms with Gasteiger partial charge < -0.3 is 25.2 Å². The van der Waals surface area contributed by atoms with Crippen LogP contribution in [0.3, 0.4) is 0 Å². The fraction of sp³-hybridized carbons (Fsp3) is 0.312. The average Bonchev–Trinajstić information content (AvgIpc) is 2.76. The molecule has 23 heavy (non-hydrogen) atoms. The number of esters is 1. The first-order valence-electron chi connectivity index (χ1n) is 7.14. The van der Waals surface area contributed by atoms with Gasteiger partial charge in [-0.25, -0.2) is 4.79 Å². The topological polar surface area (TPSA) is 112 Å². The van der Waals surface area contributed by atoms with Crippen LogP contribution in [0.2, 0.25) is 0 Å². The number of carbonyl (C=O) groups is 1. The number of hydrogen-bond acceptors (Lipinski definition) is 6. The number of nitrogens with zero attached hydrogens (tertiary/aromatic N) is 1. The maximum Gasteiger partial charge on any atom is 0.329 e. The number of aromatic hydroxyl groups is 4. The summed E-state index contributed by atoms with van der Waals surface area (Å²) < 4.78 is 5.94. The zero-order valence-electron chi connectivity index (χ0n) is 12.9. The van der Waals surface area contributed by atoms with Crippen molar-refractivity contribution < 1.29 is 30.0 Å². The Kier molecular flexibility index (Phi) is 4.68. The summed E-state index contributed by atoms with van der Waals surface area (Å²) >= 11 is 0. The molecule has 7 heteroatoms. The highest BCUT2D eigenvalue weighted by Crippen LogP contribution is 2.35. The summed E-state index contributed by atoms with van der Waals surface area (Å²) in [5.74, 6) is -1.35. The number of phenols is 2. The van der Waals surface area contributed by atoms with E-state index in [1.54, 1.807) is 6.92 Å². The molecule has 4 N–H and O–H groups in total. The molecule has 1 unspecified atom stereocenters. The van der Waals surface area contributed by atoms with E-state index in [-0.39, 0.29) is 36.3 Å². The highest BCUT2D eigenvalue weighted by atomic mass is 16.5. The fourth-order valence-corrected chi connectivity index (χ4v) is 2.34. The van der Waals surface area contributed by atoms with Gasteiger partial charge in [0.05, 0.1) is 6.61 Å². The molecule has 0 aliphatic carbocycles. The summed E-state index contributed by atoms with van der Waals surface area (Å²) in [5.41, 5.74) is 0.790. The Morgan fingerprint density at radius 1 is 1.17 bits per heavy atom. The molecular weight excluding hydrogens is 302 g/mol. The molecule has 0 spiro atoms. The van der Waals surface area contributed by atoms with Crippen molar-refractivity contribution in [1.82, 2.24) is 4.57 Å². The Morgan fingerprint density at radius 2 is 1.87 bits per heavy atom. The fourth-order valence-electron chi connectivity index (χ4n) is 2.34. The van der Waals surface area contributed by atoms with Crippen molar-refractivity contribution in [3.8, 4) is 23.3 Å². The zero-order valence-corrected chi connectivity index (χ0v) is 12.9. The Labute approximate surface area is 133 Å². The van der Waals surface area contributed by atoms with Gasteiger partial charge >= 0.3 is 5.97 Å². The van der Waals surface area contributed by atoms with Gasteiger partial charge in [-0.3, -0.25) is 4.57 Å². The lowest BCUT2D eigenvalue weighted by Gasteiger charge is -2.14. The van der Waals surface area contributed by atoms with Crippen molar-refractivity contribution in [2.24, 2.45) is 0 Å². The van der Waals surface area contributed by atoms with E-state index in [0.29, 0.717) is 11.1 Å². The summed E-state index contributed by atoms with van der Waals surface area (Å²) in [4.78, 5) is 11.8. The van der Waals surface area contributed by atoms with Gasteiger partial charge in [-0.15, -0.1) is 0 Å². The minimum Gasteiger partial charge on any atom is -0.508 e. The van der Waals surface area contributed by atoms with E-state index in [9.17, 15) is 25.2 Å². The van der Waals surface area contributed by atoms with Gasteiger partial charge in [0, 0.05) is 24.1 Å². The molecule has 1 aromatic carbocycles. The number of benzene rings is 1. The molecular formula is C16H19NO6. The van der Waals surface area contributed by atoms with E-state index in [0.717, 1.165) is 4.57 Å². The van der Waals surface area contributed by atoms with Crippen LogP contribution in [-0.4, -0.2) is 37.6 Å². The van der Waals surface area contributed by atoms with Gasteiger partial charge in [0.2, 0.25) is 0 Å². The smallest absolute Gasteiger partial charge is 0.329 e. The average molecular weight is 321 g/mol. The van der Waals surface area contributed by atoms with E-state index in [4.69, 9.17) is 4.74 Å². The summed E-state index contributed by atoms with van der Waals surface area (Å²) in [6.45, 7) is 3.36. The maximum atomic E-state index is 11.8. The largest absolute Gasteiger partial charge is 0.508 e. The first kappa shape index (κ1) is 16.5. The third kappa shape index (κ3) is 3.33. The number of carbonyl (C=O) groups excluding carboxylic acids is 1. The lowest BCUT2D eigenvalue weighted by atomic mass is 10.1. The number of ether oxygens (including phenoxy) is 1. The monoisotopic (exact) mass is 321 g/mol. The van der Waals surface area contributed by atoms with Crippen LogP contribution < -0.4 is 0 Å². The standard InChI is InChI=1S/C16H19NO6/c1-3-23-16(22)9(2)17-14(20)7-11(15(17)21)6-10-4-5-12(18)8-13(10)19/h4-5,7-9,18-21H,3,6H2,1-2H3. The summed E-state index contributed by atoms with van der Waals surface area (Å²) in [5, 5.41) is 39.3. The molecule has 2 rings (SSSR count). The van der Waals surface area contributed by atoms with Crippen molar-refractivity contribution in [3.63, 3.8) is 0 Å². The van der Waals surface area contributed by atoms with Crippen LogP contribution in [0.1, 0.15) is 31.0 Å². The minimum atomic E-state index is -0.892. The second-order valence-corrected chi connectivity index (χ2v) is 5.14. The summed E-state index contributed by atoms with van der Waals surface area (Å²) in [7, 11) is 0. The van der Waals surface area contributed by atoms with Crippen LogP contribution in [0, 0.1) is 0 Å². The van der Waals surface area contributed by atoms with Gasteiger partial charge in [0.15, 0.2) is 11.8 Å². The molecule has 0 amide bonds. The Bertz CT molecular complexity index is 722. The third-order valence-electron chi connectivity index (χ3n) is 3.53. The van der Waals surface area contributed by atoms with Crippen LogP contribution in [0.25, 0.3) is 0 Å². The van der Waals surface area contributed by atoms with Gasteiger partial charge in [0.1, 0.15) is 17.5 Å². The van der Waals surface area contributed by atoms with Gasteiger partial charge in [-0.1, -0.05) is 6.07 Å². The van der Waals surface area contributed by atoms with Crippen LogP contribution in [0.15, 0.2) is 24.3 Å². The van der Waals surface area contributed by atoms with E-state index in [1.807, 2.05) is 0 Å². The molecule has 0 aliphatic heterocycles. The molecule has 1 heterocycles. The molecule has 0 fully saturated rings. The normalized spacial score (nSPS) is 12.1. The van der Waals surface area contributed by atoms with E-state index < -0.39 is 12.0 Å². The van der Waals surface area contributed by atoms with E-state index in [1.165, 1.54) is 31.2 Å². The summed E-state index contributed by atoms with van der Waals surface area (Å²) in [6.07, 6.45) is 0.119. The lowest BCUT2D eigenvalue weighted by molar-refractivity contribution is -0.146. The van der Waals surface area contributed by atoms with Crippen molar-refractivity contribution in [2.75, 3.05) is 6.61 Å². The molecule has 0 saturated carbocycles. The Hall–Kier alpha value is -2.83. The quantitative estimate of drug-likeness (QED) is 0.627. The zero-order chi connectivity index (χ0) is 17.1. The predicted molar refractivity (Wildman–Crippen MR) is 81.7 cm³/mol. The number of phenolic OH excluding ortho intramolecular Hbond substituents is 2. The number of aromatic nitrogens is 1. The second-order valence-electron chi connectivity index (χ2n) is 5.14. The lowest BCUT2D eigenvalue weighted by Crippen LogP contribution is -2.18. The summed E-state index contributed by atoms with van der Waals surface area (Å²) in [6, 6.07) is 4.52. The maximum absolute atomic E-state index is 11.8. The first-order chi connectivity index (χ1) is 10.8. The first-order valence-corrected chi connectivity index (χ1v) is 7.14.